The molecule has 0 aromatic heterocycles. The van der Waals surface area contributed by atoms with Crippen molar-refractivity contribution in [3.63, 3.8) is 0 Å². The van der Waals surface area contributed by atoms with E-state index in [1.807, 2.05) is 0 Å². The zero-order chi connectivity index (χ0) is 11.7. The van der Waals surface area contributed by atoms with Gasteiger partial charge in [0.1, 0.15) is 0 Å². The van der Waals surface area contributed by atoms with Gasteiger partial charge in [-0.05, 0) is 11.8 Å². The zero-order valence-electron chi connectivity index (χ0n) is 10.3. The summed E-state index contributed by atoms with van der Waals surface area (Å²) < 4.78 is 0. The van der Waals surface area contributed by atoms with Crippen molar-refractivity contribution in [2.75, 3.05) is 13.1 Å². The highest BCUT2D eigenvalue weighted by molar-refractivity contribution is 5.78. The fourth-order valence-corrected chi connectivity index (χ4v) is 2.03. The topological polar surface area (TPSA) is 40.5 Å². The molecule has 0 spiro atoms. The second-order valence-corrected chi connectivity index (χ2v) is 5.96. The lowest BCUT2D eigenvalue weighted by Gasteiger charge is -2.47. The molecule has 1 fully saturated rings. The smallest absolute Gasteiger partial charge is 0.223 e. The van der Waals surface area contributed by atoms with E-state index in [4.69, 9.17) is 0 Å². The Hall–Kier alpha value is -0.570. The number of β-amino-alcohol motifs (C(OH)–C–C–N with tert-alkyl or cyclic N) is 1. The van der Waals surface area contributed by atoms with Gasteiger partial charge in [0, 0.05) is 6.42 Å². The number of carbonyl (C=O) groups excluding carboxylic acids is 1. The summed E-state index contributed by atoms with van der Waals surface area (Å²) in [5.74, 6) is 0.170. The highest BCUT2D eigenvalue weighted by Gasteiger charge is 2.42. The van der Waals surface area contributed by atoms with Gasteiger partial charge in [0.25, 0.3) is 0 Å². The second kappa shape index (κ2) is 4.12. The molecule has 1 heterocycles. The molecular formula is C12H23NO2. The first-order valence-corrected chi connectivity index (χ1v) is 5.76. The van der Waals surface area contributed by atoms with Crippen molar-refractivity contribution < 1.29 is 9.90 Å². The van der Waals surface area contributed by atoms with E-state index in [2.05, 4.69) is 27.7 Å². The number of likely N-dealkylation sites (tertiary alicyclic amines) is 1. The number of nitrogens with zero attached hydrogens (tertiary/aromatic N) is 1. The van der Waals surface area contributed by atoms with Crippen LogP contribution < -0.4 is 0 Å². The third kappa shape index (κ3) is 3.49. The minimum atomic E-state index is -0.595. The summed E-state index contributed by atoms with van der Waals surface area (Å²) in [5, 5.41) is 9.93. The van der Waals surface area contributed by atoms with E-state index in [0.717, 1.165) is 12.8 Å². The average molecular weight is 213 g/mol. The van der Waals surface area contributed by atoms with Crippen LogP contribution in [0, 0.1) is 5.41 Å². The third-order valence-electron chi connectivity index (χ3n) is 2.72. The van der Waals surface area contributed by atoms with Crippen molar-refractivity contribution in [1.29, 1.82) is 0 Å². The third-order valence-corrected chi connectivity index (χ3v) is 2.72. The van der Waals surface area contributed by atoms with Crippen LogP contribution in [0.4, 0.5) is 0 Å². The Balaban J connectivity index is 2.35. The van der Waals surface area contributed by atoms with Crippen molar-refractivity contribution in [2.45, 2.75) is 52.6 Å². The van der Waals surface area contributed by atoms with Crippen LogP contribution in [0.25, 0.3) is 0 Å². The quantitative estimate of drug-likeness (QED) is 0.776. The first-order valence-electron chi connectivity index (χ1n) is 5.76. The zero-order valence-corrected chi connectivity index (χ0v) is 10.3. The van der Waals surface area contributed by atoms with Crippen LogP contribution in [0.3, 0.4) is 0 Å². The van der Waals surface area contributed by atoms with Crippen LogP contribution in [0.5, 0.6) is 0 Å². The predicted molar refractivity (Wildman–Crippen MR) is 60.5 cm³/mol. The molecule has 3 nitrogen and oxygen atoms in total. The maximum atomic E-state index is 11.7. The Kier molecular flexibility index (Phi) is 3.44. The van der Waals surface area contributed by atoms with E-state index in [1.165, 1.54) is 0 Å². The lowest BCUT2D eigenvalue weighted by atomic mass is 9.86. The van der Waals surface area contributed by atoms with E-state index in [-0.39, 0.29) is 11.3 Å². The molecule has 0 radical (unpaired) electrons. The molecule has 1 N–H and O–H groups in total. The fourth-order valence-electron chi connectivity index (χ4n) is 2.03. The van der Waals surface area contributed by atoms with Gasteiger partial charge >= 0.3 is 0 Å². The molecule has 1 saturated heterocycles. The van der Waals surface area contributed by atoms with E-state index >= 15 is 0 Å². The minimum Gasteiger partial charge on any atom is -0.386 e. The lowest BCUT2D eigenvalue weighted by molar-refractivity contribution is -0.158. The Morgan fingerprint density at radius 3 is 2.33 bits per heavy atom. The number of carbonyl (C=O) groups is 1. The van der Waals surface area contributed by atoms with Crippen molar-refractivity contribution in [3.8, 4) is 0 Å². The molecule has 15 heavy (non-hydrogen) atoms. The molecule has 88 valence electrons. The van der Waals surface area contributed by atoms with Gasteiger partial charge in [-0.1, -0.05) is 34.1 Å². The van der Waals surface area contributed by atoms with Gasteiger partial charge in [0.2, 0.25) is 5.91 Å². The van der Waals surface area contributed by atoms with Crippen molar-refractivity contribution in [2.24, 2.45) is 5.41 Å². The van der Waals surface area contributed by atoms with Crippen LogP contribution in [0.1, 0.15) is 47.0 Å². The minimum absolute atomic E-state index is 0.0372. The number of amides is 1. The fraction of sp³-hybridized carbons (Fsp3) is 0.917. The van der Waals surface area contributed by atoms with E-state index < -0.39 is 5.60 Å². The molecule has 0 aromatic rings. The van der Waals surface area contributed by atoms with E-state index in [0.29, 0.717) is 19.5 Å². The molecule has 1 rings (SSSR count). The molecular weight excluding hydrogens is 190 g/mol. The lowest BCUT2D eigenvalue weighted by Crippen LogP contribution is -2.63. The highest BCUT2D eigenvalue weighted by Crippen LogP contribution is 2.28. The molecule has 1 aliphatic rings. The van der Waals surface area contributed by atoms with Crippen molar-refractivity contribution in [1.82, 2.24) is 4.90 Å². The Labute approximate surface area is 92.5 Å². The van der Waals surface area contributed by atoms with Crippen LogP contribution in [-0.2, 0) is 4.79 Å². The van der Waals surface area contributed by atoms with E-state index in [9.17, 15) is 9.90 Å². The molecule has 1 amide bonds. The molecule has 0 saturated carbocycles. The standard InChI is InChI=1S/C12H23NO2/c1-5-6-12(15)8-13(9-12)10(14)7-11(2,3)4/h15H,5-9H2,1-4H3. The average Bonchev–Trinajstić information content (AvgIpc) is 1.96. The Morgan fingerprint density at radius 2 is 1.93 bits per heavy atom. The highest BCUT2D eigenvalue weighted by atomic mass is 16.3. The van der Waals surface area contributed by atoms with Crippen molar-refractivity contribution in [3.05, 3.63) is 0 Å². The summed E-state index contributed by atoms with van der Waals surface area (Å²) in [7, 11) is 0. The van der Waals surface area contributed by atoms with Crippen LogP contribution in [0.2, 0.25) is 0 Å². The monoisotopic (exact) mass is 213 g/mol. The number of hydrogen-bond donors (Lipinski definition) is 1. The van der Waals surface area contributed by atoms with E-state index in [1.54, 1.807) is 4.90 Å². The second-order valence-electron chi connectivity index (χ2n) is 5.96. The van der Waals surface area contributed by atoms with Crippen LogP contribution in [0.15, 0.2) is 0 Å². The van der Waals surface area contributed by atoms with Gasteiger partial charge in [-0.2, -0.15) is 0 Å². The molecule has 0 atom stereocenters. The normalized spacial score (nSPS) is 19.9. The van der Waals surface area contributed by atoms with Gasteiger partial charge < -0.3 is 10.0 Å². The summed E-state index contributed by atoms with van der Waals surface area (Å²) >= 11 is 0. The van der Waals surface area contributed by atoms with Crippen LogP contribution in [-0.4, -0.2) is 34.6 Å². The molecule has 0 aromatic carbocycles. The SMILES string of the molecule is CCCC1(O)CN(C(=O)CC(C)(C)C)C1. The summed E-state index contributed by atoms with van der Waals surface area (Å²) in [6.07, 6.45) is 2.33. The Bertz CT molecular complexity index is 236. The molecule has 0 aliphatic carbocycles. The first kappa shape index (κ1) is 12.5. The van der Waals surface area contributed by atoms with Gasteiger partial charge in [-0.25, -0.2) is 0 Å². The molecule has 0 bridgehead atoms. The molecule has 1 aliphatic heterocycles. The molecule has 3 heteroatoms. The van der Waals surface area contributed by atoms with Gasteiger partial charge in [0.15, 0.2) is 0 Å². The predicted octanol–water partition coefficient (Wildman–Crippen LogP) is 1.80. The summed E-state index contributed by atoms with van der Waals surface area (Å²) in [4.78, 5) is 13.5. The number of rotatable bonds is 3. The largest absolute Gasteiger partial charge is 0.386 e. The maximum absolute atomic E-state index is 11.7. The summed E-state index contributed by atoms with van der Waals surface area (Å²) in [6, 6.07) is 0. The maximum Gasteiger partial charge on any atom is 0.223 e. The van der Waals surface area contributed by atoms with Crippen molar-refractivity contribution >= 4 is 5.91 Å². The van der Waals surface area contributed by atoms with Crippen LogP contribution >= 0.6 is 0 Å². The Morgan fingerprint density at radius 1 is 1.40 bits per heavy atom. The number of hydrogen-bond acceptors (Lipinski definition) is 2. The van der Waals surface area contributed by atoms with Gasteiger partial charge in [-0.15, -0.1) is 0 Å². The first-order chi connectivity index (χ1) is 6.76. The summed E-state index contributed by atoms with van der Waals surface area (Å²) in [6.45, 7) is 9.28. The molecule has 0 unspecified atom stereocenters. The van der Waals surface area contributed by atoms with Gasteiger partial charge in [-0.3, -0.25) is 4.79 Å². The summed E-state index contributed by atoms with van der Waals surface area (Å²) in [5.41, 5.74) is -0.558. The van der Waals surface area contributed by atoms with Gasteiger partial charge in [0.05, 0.1) is 18.7 Å². The number of aliphatic hydroxyl groups is 1.